The van der Waals surface area contributed by atoms with E-state index in [-0.39, 0.29) is 11.9 Å². The molecule has 1 aromatic rings. The molecule has 16 heavy (non-hydrogen) atoms. The minimum Gasteiger partial charge on any atom is -0.358 e. The summed E-state index contributed by atoms with van der Waals surface area (Å²) in [6, 6.07) is 7.48. The lowest BCUT2D eigenvalue weighted by Crippen LogP contribution is -2.43. The zero-order valence-electron chi connectivity index (χ0n) is 8.73. The number of nitrogens with zero attached hydrogens (tertiary/aromatic N) is 2. The van der Waals surface area contributed by atoms with Crippen molar-refractivity contribution in [1.29, 1.82) is 5.26 Å². The Hall–Kier alpha value is -2.02. The molecular formula is C12H11N3O. The average Bonchev–Trinajstić information content (AvgIpc) is 2.78. The fourth-order valence-corrected chi connectivity index (χ4v) is 2.49. The number of nitriles is 1. The molecule has 1 N–H and O–H groups in total. The van der Waals surface area contributed by atoms with Gasteiger partial charge in [-0.2, -0.15) is 5.26 Å². The standard InChI is InChI=1S/C12H11N3O/c13-7-8-3-4-9-11(6-8)15-5-1-2-10(15)12(16)14-9/h3-4,6,10H,1-2,5H2,(H,14,16)/t10-/m1/s1. The maximum Gasteiger partial charge on any atom is 0.247 e. The van der Waals surface area contributed by atoms with Crippen LogP contribution in [0.25, 0.3) is 0 Å². The van der Waals surface area contributed by atoms with Crippen LogP contribution in [0.2, 0.25) is 0 Å². The van der Waals surface area contributed by atoms with Crippen LogP contribution in [0, 0.1) is 11.3 Å². The summed E-state index contributed by atoms with van der Waals surface area (Å²) in [6.45, 7) is 0.903. The van der Waals surface area contributed by atoms with E-state index >= 15 is 0 Å². The third-order valence-corrected chi connectivity index (χ3v) is 3.25. The van der Waals surface area contributed by atoms with Crippen molar-refractivity contribution in [2.24, 2.45) is 0 Å². The fourth-order valence-electron chi connectivity index (χ4n) is 2.49. The predicted molar refractivity (Wildman–Crippen MR) is 60.2 cm³/mol. The van der Waals surface area contributed by atoms with Crippen molar-refractivity contribution in [2.45, 2.75) is 18.9 Å². The molecule has 0 radical (unpaired) electrons. The molecule has 3 rings (SSSR count). The van der Waals surface area contributed by atoms with E-state index in [1.165, 1.54) is 0 Å². The van der Waals surface area contributed by atoms with E-state index in [1.54, 1.807) is 12.1 Å². The van der Waals surface area contributed by atoms with Crippen LogP contribution in [-0.2, 0) is 4.79 Å². The first-order valence-electron chi connectivity index (χ1n) is 5.41. The second-order valence-electron chi connectivity index (χ2n) is 4.18. The van der Waals surface area contributed by atoms with E-state index in [0.717, 1.165) is 30.8 Å². The summed E-state index contributed by atoms with van der Waals surface area (Å²) in [5.41, 5.74) is 2.45. The number of hydrogen-bond donors (Lipinski definition) is 1. The van der Waals surface area contributed by atoms with Gasteiger partial charge in [0, 0.05) is 6.54 Å². The van der Waals surface area contributed by atoms with Crippen molar-refractivity contribution < 1.29 is 4.79 Å². The molecule has 1 atom stereocenters. The Morgan fingerprint density at radius 3 is 3.19 bits per heavy atom. The Kier molecular flexibility index (Phi) is 1.87. The van der Waals surface area contributed by atoms with Gasteiger partial charge in [-0.05, 0) is 31.0 Å². The molecule has 0 saturated carbocycles. The highest BCUT2D eigenvalue weighted by atomic mass is 16.2. The summed E-state index contributed by atoms with van der Waals surface area (Å²) in [7, 11) is 0. The van der Waals surface area contributed by atoms with Crippen LogP contribution in [0.15, 0.2) is 18.2 Å². The van der Waals surface area contributed by atoms with Crippen LogP contribution in [0.1, 0.15) is 18.4 Å². The number of hydrogen-bond acceptors (Lipinski definition) is 3. The van der Waals surface area contributed by atoms with E-state index in [4.69, 9.17) is 5.26 Å². The second kappa shape index (κ2) is 3.24. The molecule has 1 fully saturated rings. The first-order valence-corrected chi connectivity index (χ1v) is 5.41. The van der Waals surface area contributed by atoms with E-state index in [1.807, 2.05) is 6.07 Å². The maximum absolute atomic E-state index is 11.8. The van der Waals surface area contributed by atoms with Gasteiger partial charge in [0.15, 0.2) is 0 Å². The fraction of sp³-hybridized carbons (Fsp3) is 0.333. The quantitative estimate of drug-likeness (QED) is 0.710. The van der Waals surface area contributed by atoms with E-state index in [2.05, 4.69) is 16.3 Å². The highest BCUT2D eigenvalue weighted by Gasteiger charge is 2.36. The number of fused-ring (bicyclic) bond motifs is 3. The Bertz CT molecular complexity index is 503. The van der Waals surface area contributed by atoms with Crippen LogP contribution < -0.4 is 10.2 Å². The summed E-state index contributed by atoms with van der Waals surface area (Å²) in [6.07, 6.45) is 1.94. The van der Waals surface area contributed by atoms with Crippen molar-refractivity contribution in [3.05, 3.63) is 23.8 Å². The van der Waals surface area contributed by atoms with Gasteiger partial charge >= 0.3 is 0 Å². The minimum absolute atomic E-state index is 0.0403. The molecule has 4 nitrogen and oxygen atoms in total. The van der Waals surface area contributed by atoms with Gasteiger partial charge in [0.25, 0.3) is 0 Å². The van der Waals surface area contributed by atoms with Crippen molar-refractivity contribution >= 4 is 17.3 Å². The largest absolute Gasteiger partial charge is 0.358 e. The van der Waals surface area contributed by atoms with Crippen LogP contribution in [0.5, 0.6) is 0 Å². The Morgan fingerprint density at radius 2 is 2.38 bits per heavy atom. The van der Waals surface area contributed by atoms with Crippen molar-refractivity contribution in [3.8, 4) is 6.07 Å². The number of anilines is 2. The smallest absolute Gasteiger partial charge is 0.247 e. The molecule has 1 aromatic carbocycles. The zero-order chi connectivity index (χ0) is 11.1. The SMILES string of the molecule is N#Cc1ccc2c(c1)N1CCC[C@@H]1C(=O)N2. The van der Waals surface area contributed by atoms with Gasteiger partial charge < -0.3 is 10.2 Å². The first kappa shape index (κ1) is 9.22. The molecule has 0 spiro atoms. The van der Waals surface area contributed by atoms with Crippen molar-refractivity contribution in [3.63, 3.8) is 0 Å². The van der Waals surface area contributed by atoms with Crippen LogP contribution in [0.3, 0.4) is 0 Å². The van der Waals surface area contributed by atoms with Gasteiger partial charge in [-0.25, -0.2) is 0 Å². The molecule has 80 valence electrons. The Labute approximate surface area is 93.5 Å². The van der Waals surface area contributed by atoms with Crippen LogP contribution in [-0.4, -0.2) is 18.5 Å². The number of carbonyl (C=O) groups is 1. The molecule has 0 aliphatic carbocycles. The lowest BCUT2D eigenvalue weighted by molar-refractivity contribution is -0.117. The highest BCUT2D eigenvalue weighted by Crippen LogP contribution is 2.36. The van der Waals surface area contributed by atoms with Crippen LogP contribution >= 0.6 is 0 Å². The Morgan fingerprint density at radius 1 is 1.50 bits per heavy atom. The molecule has 4 heteroatoms. The first-order chi connectivity index (χ1) is 7.79. The monoisotopic (exact) mass is 213 g/mol. The normalized spacial score (nSPS) is 22.1. The molecule has 2 aliphatic heterocycles. The lowest BCUT2D eigenvalue weighted by Gasteiger charge is -2.32. The van der Waals surface area contributed by atoms with Gasteiger partial charge in [0.2, 0.25) is 5.91 Å². The molecular weight excluding hydrogens is 202 g/mol. The van der Waals surface area contributed by atoms with Gasteiger partial charge in [-0.3, -0.25) is 4.79 Å². The van der Waals surface area contributed by atoms with Crippen molar-refractivity contribution in [1.82, 2.24) is 0 Å². The minimum atomic E-state index is -0.0403. The topological polar surface area (TPSA) is 56.1 Å². The summed E-state index contributed by atoms with van der Waals surface area (Å²) in [5, 5.41) is 11.8. The number of amides is 1. The summed E-state index contributed by atoms with van der Waals surface area (Å²) in [5.74, 6) is 0.0784. The molecule has 1 saturated heterocycles. The molecule has 0 aromatic heterocycles. The Balaban J connectivity index is 2.12. The number of nitrogens with one attached hydrogen (secondary N) is 1. The zero-order valence-corrected chi connectivity index (χ0v) is 8.73. The predicted octanol–water partition coefficient (Wildman–Crippen LogP) is 1.48. The van der Waals surface area contributed by atoms with E-state index < -0.39 is 0 Å². The molecule has 2 aliphatic rings. The second-order valence-corrected chi connectivity index (χ2v) is 4.18. The third-order valence-electron chi connectivity index (χ3n) is 3.25. The molecule has 0 bridgehead atoms. The highest BCUT2D eigenvalue weighted by molar-refractivity contribution is 6.04. The molecule has 0 unspecified atom stereocenters. The van der Waals surface area contributed by atoms with Gasteiger partial charge in [0.05, 0.1) is 23.0 Å². The van der Waals surface area contributed by atoms with E-state index in [9.17, 15) is 4.79 Å². The van der Waals surface area contributed by atoms with Gasteiger partial charge in [-0.15, -0.1) is 0 Å². The third kappa shape index (κ3) is 1.18. The van der Waals surface area contributed by atoms with Gasteiger partial charge in [0.1, 0.15) is 6.04 Å². The maximum atomic E-state index is 11.8. The van der Waals surface area contributed by atoms with Crippen LogP contribution in [0.4, 0.5) is 11.4 Å². The lowest BCUT2D eigenvalue weighted by atomic mass is 10.1. The summed E-state index contributed by atoms with van der Waals surface area (Å²) in [4.78, 5) is 13.9. The molecule has 2 heterocycles. The van der Waals surface area contributed by atoms with Gasteiger partial charge in [-0.1, -0.05) is 0 Å². The van der Waals surface area contributed by atoms with Crippen molar-refractivity contribution in [2.75, 3.05) is 16.8 Å². The van der Waals surface area contributed by atoms with E-state index in [0.29, 0.717) is 5.56 Å². The summed E-state index contributed by atoms with van der Waals surface area (Å²) < 4.78 is 0. The number of benzene rings is 1. The number of carbonyl (C=O) groups excluding carboxylic acids is 1. The number of rotatable bonds is 0. The summed E-state index contributed by atoms with van der Waals surface area (Å²) >= 11 is 0. The average molecular weight is 213 g/mol. The molecule has 1 amide bonds.